The zero-order valence-electron chi connectivity index (χ0n) is 10.8. The summed E-state index contributed by atoms with van der Waals surface area (Å²) in [6, 6.07) is 1.01. The number of hydrogen-bond donors (Lipinski definition) is 1. The Hall–Kier alpha value is -0.870. The van der Waals surface area contributed by atoms with Crippen LogP contribution in [0.15, 0.2) is 10.8 Å². The van der Waals surface area contributed by atoms with Gasteiger partial charge >= 0.3 is 0 Å². The lowest BCUT2D eigenvalue weighted by Gasteiger charge is -2.26. The van der Waals surface area contributed by atoms with Crippen LogP contribution in [0, 0.1) is 6.92 Å². The number of amides is 1. The lowest BCUT2D eigenvalue weighted by Crippen LogP contribution is -2.42. The first-order valence-electron chi connectivity index (χ1n) is 6.83. The third kappa shape index (κ3) is 2.45. The smallest absolute Gasteiger partial charge is 0.255 e. The number of rotatable bonds is 4. The van der Waals surface area contributed by atoms with E-state index in [2.05, 4.69) is 15.6 Å². The highest BCUT2D eigenvalue weighted by molar-refractivity contribution is 7.08. The van der Waals surface area contributed by atoms with Crippen molar-refractivity contribution in [3.05, 3.63) is 21.9 Å². The van der Waals surface area contributed by atoms with Crippen LogP contribution in [-0.4, -0.2) is 36.0 Å². The number of aryl methyl sites for hydroxylation is 1. The van der Waals surface area contributed by atoms with Gasteiger partial charge in [-0.2, -0.15) is 11.3 Å². The van der Waals surface area contributed by atoms with Gasteiger partial charge in [-0.1, -0.05) is 0 Å². The van der Waals surface area contributed by atoms with Crippen molar-refractivity contribution in [2.24, 2.45) is 0 Å². The molecule has 1 aromatic heterocycles. The zero-order chi connectivity index (χ0) is 12.5. The Morgan fingerprint density at radius 1 is 1.44 bits per heavy atom. The minimum Gasteiger partial charge on any atom is -0.334 e. The number of carbonyl (C=O) groups is 1. The average molecular weight is 264 g/mol. The maximum Gasteiger partial charge on any atom is 0.255 e. The molecule has 3 rings (SSSR count). The van der Waals surface area contributed by atoms with E-state index in [1.807, 2.05) is 12.3 Å². The van der Waals surface area contributed by atoms with Gasteiger partial charge in [-0.3, -0.25) is 4.79 Å². The molecule has 0 radical (unpaired) electrons. The monoisotopic (exact) mass is 264 g/mol. The SMILES string of the molecule is Cc1cscc1C(=O)N(CC1CCCN1)C1CC1. The van der Waals surface area contributed by atoms with Crippen LogP contribution in [-0.2, 0) is 0 Å². The van der Waals surface area contributed by atoms with Gasteiger partial charge in [-0.15, -0.1) is 0 Å². The highest BCUT2D eigenvalue weighted by atomic mass is 32.1. The molecule has 2 heterocycles. The number of nitrogens with one attached hydrogen (secondary N) is 1. The normalized spacial score (nSPS) is 23.3. The molecule has 3 nitrogen and oxygen atoms in total. The summed E-state index contributed by atoms with van der Waals surface area (Å²) in [4.78, 5) is 14.7. The minimum atomic E-state index is 0.241. The highest BCUT2D eigenvalue weighted by Crippen LogP contribution is 2.30. The summed E-state index contributed by atoms with van der Waals surface area (Å²) in [6.07, 6.45) is 4.82. The fourth-order valence-corrected chi connectivity index (χ4v) is 3.49. The van der Waals surface area contributed by atoms with E-state index < -0.39 is 0 Å². The van der Waals surface area contributed by atoms with Crippen LogP contribution in [0.5, 0.6) is 0 Å². The molecule has 2 aliphatic rings. The molecule has 1 aliphatic carbocycles. The summed E-state index contributed by atoms with van der Waals surface area (Å²) in [5.41, 5.74) is 2.03. The van der Waals surface area contributed by atoms with Crippen LogP contribution in [0.25, 0.3) is 0 Å². The maximum atomic E-state index is 12.6. The molecule has 1 aliphatic heterocycles. The molecule has 0 bridgehead atoms. The van der Waals surface area contributed by atoms with Crippen molar-refractivity contribution in [3.63, 3.8) is 0 Å². The van der Waals surface area contributed by atoms with Gasteiger partial charge in [0.15, 0.2) is 0 Å². The lowest BCUT2D eigenvalue weighted by molar-refractivity contribution is 0.0728. The fourth-order valence-electron chi connectivity index (χ4n) is 2.67. The van der Waals surface area contributed by atoms with E-state index in [1.165, 1.54) is 25.7 Å². The Morgan fingerprint density at radius 3 is 2.83 bits per heavy atom. The van der Waals surface area contributed by atoms with E-state index in [0.29, 0.717) is 12.1 Å². The summed E-state index contributed by atoms with van der Waals surface area (Å²) >= 11 is 1.62. The van der Waals surface area contributed by atoms with Crippen LogP contribution in [0.2, 0.25) is 0 Å². The van der Waals surface area contributed by atoms with E-state index in [9.17, 15) is 4.79 Å². The second-order valence-corrected chi connectivity index (χ2v) is 6.19. The zero-order valence-corrected chi connectivity index (χ0v) is 11.6. The van der Waals surface area contributed by atoms with Crippen molar-refractivity contribution in [3.8, 4) is 0 Å². The second-order valence-electron chi connectivity index (χ2n) is 5.45. The first-order valence-corrected chi connectivity index (χ1v) is 7.77. The standard InChI is InChI=1S/C14H20N2OS/c1-10-8-18-9-13(10)14(17)16(12-4-5-12)7-11-3-2-6-15-11/h8-9,11-12,15H,2-7H2,1H3. The van der Waals surface area contributed by atoms with Crippen molar-refractivity contribution in [2.75, 3.05) is 13.1 Å². The Bertz CT molecular complexity index is 433. The summed E-state index contributed by atoms with van der Waals surface area (Å²) < 4.78 is 0. The van der Waals surface area contributed by atoms with E-state index in [4.69, 9.17) is 0 Å². The van der Waals surface area contributed by atoms with Gasteiger partial charge in [0, 0.05) is 24.0 Å². The van der Waals surface area contributed by atoms with Gasteiger partial charge in [-0.05, 0) is 50.1 Å². The molecule has 2 fully saturated rings. The molecule has 1 N–H and O–H groups in total. The van der Waals surface area contributed by atoms with Gasteiger partial charge < -0.3 is 10.2 Å². The number of thiophene rings is 1. The molecule has 18 heavy (non-hydrogen) atoms. The minimum absolute atomic E-state index is 0.241. The molecular formula is C14H20N2OS. The fraction of sp³-hybridized carbons (Fsp3) is 0.643. The van der Waals surface area contributed by atoms with Gasteiger partial charge in [-0.25, -0.2) is 0 Å². The molecular weight excluding hydrogens is 244 g/mol. The average Bonchev–Trinajstić information content (AvgIpc) is 2.89. The van der Waals surface area contributed by atoms with Gasteiger partial charge in [0.25, 0.3) is 5.91 Å². The van der Waals surface area contributed by atoms with Crippen LogP contribution in [0.3, 0.4) is 0 Å². The molecule has 1 aromatic rings. The van der Waals surface area contributed by atoms with Gasteiger partial charge in [0.1, 0.15) is 0 Å². The van der Waals surface area contributed by atoms with Crippen molar-refractivity contribution < 1.29 is 4.79 Å². The van der Waals surface area contributed by atoms with Crippen LogP contribution in [0.1, 0.15) is 41.6 Å². The maximum absolute atomic E-state index is 12.6. The largest absolute Gasteiger partial charge is 0.334 e. The molecule has 1 saturated carbocycles. The van der Waals surface area contributed by atoms with Gasteiger partial charge in [0.2, 0.25) is 0 Å². The molecule has 1 amide bonds. The van der Waals surface area contributed by atoms with Crippen molar-refractivity contribution in [1.29, 1.82) is 0 Å². The van der Waals surface area contributed by atoms with Crippen LogP contribution >= 0.6 is 11.3 Å². The Kier molecular flexibility index (Phi) is 3.39. The van der Waals surface area contributed by atoms with Crippen molar-refractivity contribution in [1.82, 2.24) is 10.2 Å². The number of hydrogen-bond acceptors (Lipinski definition) is 3. The molecule has 0 spiro atoms. The number of carbonyl (C=O) groups excluding carboxylic acids is 1. The van der Waals surface area contributed by atoms with Crippen LogP contribution in [0.4, 0.5) is 0 Å². The Labute approximate surface area is 112 Å². The molecule has 1 unspecified atom stereocenters. The molecule has 1 atom stereocenters. The predicted molar refractivity (Wildman–Crippen MR) is 74.1 cm³/mol. The second kappa shape index (κ2) is 5.02. The molecule has 0 aromatic carbocycles. The van der Waals surface area contributed by atoms with E-state index >= 15 is 0 Å². The topological polar surface area (TPSA) is 32.3 Å². The summed E-state index contributed by atoms with van der Waals surface area (Å²) in [5, 5.41) is 7.55. The Morgan fingerprint density at radius 2 is 2.28 bits per heavy atom. The molecule has 98 valence electrons. The van der Waals surface area contributed by atoms with Crippen molar-refractivity contribution in [2.45, 2.75) is 44.7 Å². The van der Waals surface area contributed by atoms with E-state index in [0.717, 1.165) is 24.2 Å². The van der Waals surface area contributed by atoms with Crippen molar-refractivity contribution >= 4 is 17.2 Å². The molecule has 1 saturated heterocycles. The Balaban J connectivity index is 1.73. The molecule has 4 heteroatoms. The first-order chi connectivity index (χ1) is 8.75. The van der Waals surface area contributed by atoms with Crippen LogP contribution < -0.4 is 5.32 Å². The summed E-state index contributed by atoms with van der Waals surface area (Å²) in [6.45, 7) is 4.02. The predicted octanol–water partition coefficient (Wildman–Crippen LogP) is 2.41. The summed E-state index contributed by atoms with van der Waals surface area (Å²) in [5.74, 6) is 0.241. The highest BCUT2D eigenvalue weighted by Gasteiger charge is 2.35. The third-order valence-corrected chi connectivity index (χ3v) is 4.78. The van der Waals surface area contributed by atoms with E-state index in [1.54, 1.807) is 11.3 Å². The first kappa shape index (κ1) is 12.2. The third-order valence-electron chi connectivity index (χ3n) is 3.91. The lowest BCUT2D eigenvalue weighted by atomic mass is 10.1. The van der Waals surface area contributed by atoms with E-state index in [-0.39, 0.29) is 5.91 Å². The van der Waals surface area contributed by atoms with Gasteiger partial charge in [0.05, 0.1) is 5.56 Å². The number of nitrogens with zero attached hydrogens (tertiary/aromatic N) is 1. The quantitative estimate of drug-likeness (QED) is 0.906. The summed E-state index contributed by atoms with van der Waals surface area (Å²) in [7, 11) is 0.